The third-order valence-electron chi connectivity index (χ3n) is 18.9. The fourth-order valence-electron chi connectivity index (χ4n) is 13.1. The van der Waals surface area contributed by atoms with E-state index >= 15 is 4.79 Å². The van der Waals surface area contributed by atoms with Crippen LogP contribution in [0.1, 0.15) is 146 Å². The summed E-state index contributed by atoms with van der Waals surface area (Å²) in [5.41, 5.74) is 6.04. The highest BCUT2D eigenvalue weighted by Crippen LogP contribution is 2.36. The number of nitrogens with one attached hydrogen (secondary N) is 5. The van der Waals surface area contributed by atoms with Gasteiger partial charge in [0.25, 0.3) is 0 Å². The van der Waals surface area contributed by atoms with Crippen LogP contribution in [0.2, 0.25) is 0 Å². The van der Waals surface area contributed by atoms with E-state index in [1.165, 1.54) is 51.3 Å². The zero-order chi connectivity index (χ0) is 81.0. The van der Waals surface area contributed by atoms with Crippen LogP contribution >= 0.6 is 0 Å². The minimum Gasteiger partial charge on any atom is -0.467 e. The Balaban J connectivity index is 1.62. The SMILES string of the molecule is CC[C@H](C)[C@@H]([C@@H](CC(=O)N1CCC[C@H]1[C@H](OC)[C@@H](C)C(=O)N[C@H](C)[C@@H](O)c1ccccc1)OC)N(C)C(=O)[C@@H](NC(=O)[C@H](C(C)C)N(C)C(=O)OCc1ccc(NC(=O)[C@H](C)NC(=O)[C@@H](NC(=O)CCOCCOCCN)C(C)C)c(O[C@@H]2O[C@H](C(=O)OC)[C@@H](OC(C)=O)[C@H](OC(C)=O)[C@H]2OC(C)=O)c1)C(C)C. The smallest absolute Gasteiger partial charge is 0.410 e. The average molecular weight is 1530 g/mol. The molecular formula is C75H117N9O24. The Morgan fingerprint density at radius 1 is 0.676 bits per heavy atom. The molecule has 2 fully saturated rings. The van der Waals surface area contributed by atoms with Crippen molar-refractivity contribution in [3.8, 4) is 5.75 Å². The maximum atomic E-state index is 15.0. The zero-order valence-electron chi connectivity index (χ0n) is 65.9. The van der Waals surface area contributed by atoms with Gasteiger partial charge in [-0.15, -0.1) is 0 Å². The van der Waals surface area contributed by atoms with Crippen LogP contribution in [0.25, 0.3) is 0 Å². The molecule has 2 aliphatic rings. The lowest BCUT2D eigenvalue weighted by atomic mass is 9.89. The van der Waals surface area contributed by atoms with E-state index in [-0.39, 0.29) is 67.4 Å². The number of ether oxygens (including phenoxy) is 11. The Kier molecular flexibility index (Phi) is 38.0. The zero-order valence-corrected chi connectivity index (χ0v) is 65.9. The number of nitrogens with zero attached hydrogens (tertiary/aromatic N) is 3. The molecule has 33 nitrogen and oxygen atoms in total. The summed E-state index contributed by atoms with van der Waals surface area (Å²) in [4.78, 5) is 169. The Morgan fingerprint density at radius 2 is 1.29 bits per heavy atom. The standard InChI is InChI=1S/C75H117N9O24/c1-20-43(8)61(55(98-17)38-57(89)84-32-24-27-53(84)63(99-18)44(9)68(91)77-45(10)62(90)51-25-22-21-23-26-51)82(15)72(95)59(41(4)5)81-71(94)60(42(6)7)83(16)75(97)103-39-50-28-29-52(79-69(92)46(11)78-70(93)58(40(2)3)80-56(88)30-33-101-35-36-102-34-31-76)54(37-50)107-74-67(106-49(14)87)65(105-48(13)86)64(104-47(12)85)66(108-74)73(96)100-19/h21-23,25-26,28-29,37,40-46,53,55,58-67,74,90H,20,24,27,30-36,38-39,76H2,1-19H3,(H,77,91)(H,78,93)(H,79,92)(H,80,88)(H,81,94)/t43-,44+,45+,46-,53-,55+,58-,59-,60-,61-,62+,63+,64-,65-,66-,67+,74+/m0/s1. The van der Waals surface area contributed by atoms with Gasteiger partial charge in [0.05, 0.1) is 88.0 Å². The molecule has 2 saturated heterocycles. The molecule has 2 aliphatic heterocycles. The number of nitrogens with two attached hydrogens (primary N) is 1. The Labute approximate surface area is 633 Å². The number of aliphatic hydroxyl groups excluding tert-OH is 1. The van der Waals surface area contributed by atoms with E-state index in [0.29, 0.717) is 44.5 Å². The van der Waals surface area contributed by atoms with Gasteiger partial charge in [-0.2, -0.15) is 0 Å². The highest BCUT2D eigenvalue weighted by molar-refractivity contribution is 5.99. The van der Waals surface area contributed by atoms with Crippen molar-refractivity contribution in [3.63, 3.8) is 0 Å². The first-order chi connectivity index (χ1) is 51.0. The van der Waals surface area contributed by atoms with Crippen LogP contribution in [0.5, 0.6) is 5.75 Å². The van der Waals surface area contributed by atoms with E-state index in [9.17, 15) is 57.8 Å². The average Bonchev–Trinajstić information content (AvgIpc) is 0.859. The largest absolute Gasteiger partial charge is 0.467 e. The van der Waals surface area contributed by atoms with Crippen molar-refractivity contribution in [2.75, 3.05) is 80.3 Å². The van der Waals surface area contributed by atoms with Crippen LogP contribution in [-0.2, 0) is 107 Å². The second-order valence-electron chi connectivity index (χ2n) is 28.2. The summed E-state index contributed by atoms with van der Waals surface area (Å²) >= 11 is 0. The number of esters is 4. The molecule has 2 aromatic carbocycles. The number of carbonyl (C=O) groups is 12. The number of amides is 8. The maximum absolute atomic E-state index is 15.0. The second kappa shape index (κ2) is 44.8. The molecule has 2 heterocycles. The number of hydrogen-bond donors (Lipinski definition) is 7. The third-order valence-corrected chi connectivity index (χ3v) is 18.9. The van der Waals surface area contributed by atoms with Crippen molar-refractivity contribution in [2.45, 2.75) is 227 Å². The van der Waals surface area contributed by atoms with Crippen LogP contribution < -0.4 is 37.1 Å². The summed E-state index contributed by atoms with van der Waals surface area (Å²) in [6, 6.07) is 6.26. The van der Waals surface area contributed by atoms with Crippen molar-refractivity contribution < 1.29 is 115 Å². The lowest BCUT2D eigenvalue weighted by molar-refractivity contribution is -0.282. The van der Waals surface area contributed by atoms with Crippen molar-refractivity contribution in [2.24, 2.45) is 35.3 Å². The molecule has 2 aromatic rings. The number of rotatable bonds is 42. The third kappa shape index (κ3) is 26.6. The molecule has 33 heteroatoms. The van der Waals surface area contributed by atoms with Gasteiger partial charge >= 0.3 is 30.0 Å². The Bertz CT molecular complexity index is 3310. The lowest BCUT2D eigenvalue weighted by Crippen LogP contribution is -2.64. The first-order valence-electron chi connectivity index (χ1n) is 36.6. The van der Waals surface area contributed by atoms with E-state index in [2.05, 4.69) is 26.6 Å². The number of aliphatic hydroxyl groups is 1. The predicted molar refractivity (Wildman–Crippen MR) is 391 cm³/mol. The van der Waals surface area contributed by atoms with Crippen molar-refractivity contribution in [1.82, 2.24) is 36.0 Å². The van der Waals surface area contributed by atoms with Gasteiger partial charge in [-0.3, -0.25) is 52.8 Å². The minimum absolute atomic E-state index is 0.0294. The van der Waals surface area contributed by atoms with Gasteiger partial charge in [-0.1, -0.05) is 105 Å². The molecule has 0 bridgehead atoms. The molecule has 0 radical (unpaired) electrons. The van der Waals surface area contributed by atoms with Crippen LogP contribution in [-0.4, -0.2) is 251 Å². The van der Waals surface area contributed by atoms with E-state index in [1.807, 2.05) is 19.9 Å². The molecule has 0 aliphatic carbocycles. The molecule has 108 heavy (non-hydrogen) atoms. The van der Waals surface area contributed by atoms with Gasteiger partial charge in [0.2, 0.25) is 53.7 Å². The molecule has 0 spiro atoms. The van der Waals surface area contributed by atoms with Crippen LogP contribution in [0.4, 0.5) is 10.5 Å². The summed E-state index contributed by atoms with van der Waals surface area (Å²) in [7, 11) is 6.87. The molecule has 4 rings (SSSR count). The fourth-order valence-corrected chi connectivity index (χ4v) is 13.1. The van der Waals surface area contributed by atoms with Crippen molar-refractivity contribution in [1.29, 1.82) is 0 Å². The predicted octanol–water partition coefficient (Wildman–Crippen LogP) is 3.62. The summed E-state index contributed by atoms with van der Waals surface area (Å²) in [6.07, 6.45) is -11.3. The highest BCUT2D eigenvalue weighted by atomic mass is 16.7. The monoisotopic (exact) mass is 1530 g/mol. The fraction of sp³-hybridized carbons (Fsp3) is 0.680. The molecule has 606 valence electrons. The number of hydrogen-bond acceptors (Lipinski definition) is 25. The van der Waals surface area contributed by atoms with Gasteiger partial charge in [0.1, 0.15) is 36.5 Å². The van der Waals surface area contributed by atoms with E-state index in [4.69, 9.17) is 57.8 Å². The van der Waals surface area contributed by atoms with E-state index < -0.39 is 181 Å². The number of carbonyl (C=O) groups excluding carboxylic acids is 12. The van der Waals surface area contributed by atoms with Crippen LogP contribution in [0, 0.1) is 29.6 Å². The molecular weight excluding hydrogens is 1410 g/mol. The minimum atomic E-state index is -1.96. The normalized spacial score (nSPS) is 20.1. The topological polar surface area (TPSA) is 422 Å². The summed E-state index contributed by atoms with van der Waals surface area (Å²) < 4.78 is 62.6. The van der Waals surface area contributed by atoms with Crippen LogP contribution in [0.15, 0.2) is 48.5 Å². The maximum Gasteiger partial charge on any atom is 0.410 e. The molecule has 0 aromatic heterocycles. The summed E-state index contributed by atoms with van der Waals surface area (Å²) in [6.45, 7) is 22.9. The van der Waals surface area contributed by atoms with Gasteiger partial charge in [-0.05, 0) is 73.6 Å². The number of likely N-dealkylation sites (tertiary alicyclic amines) is 1. The Hall–Kier alpha value is -8.60. The molecule has 0 unspecified atom stereocenters. The summed E-state index contributed by atoms with van der Waals surface area (Å²) in [5, 5.41) is 24.8. The molecule has 8 amide bonds. The van der Waals surface area contributed by atoms with Gasteiger partial charge in [0, 0.05) is 68.6 Å². The number of methoxy groups -OCH3 is 3. The Morgan fingerprint density at radius 3 is 1.85 bits per heavy atom. The molecule has 0 saturated carbocycles. The van der Waals surface area contributed by atoms with E-state index in [0.717, 1.165) is 32.8 Å². The van der Waals surface area contributed by atoms with Crippen molar-refractivity contribution in [3.05, 3.63) is 59.7 Å². The molecule has 17 atom stereocenters. The number of likely N-dealkylation sites (N-methyl/N-ethyl adjacent to an activating group) is 2. The van der Waals surface area contributed by atoms with Gasteiger partial charge in [0.15, 0.2) is 18.3 Å². The molecule has 8 N–H and O–H groups in total. The van der Waals surface area contributed by atoms with E-state index in [1.54, 1.807) is 91.6 Å². The van der Waals surface area contributed by atoms with Crippen LogP contribution in [0.3, 0.4) is 0 Å². The van der Waals surface area contributed by atoms with Gasteiger partial charge in [-0.25, -0.2) is 9.59 Å². The first-order valence-corrected chi connectivity index (χ1v) is 36.6. The second-order valence-corrected chi connectivity index (χ2v) is 28.2. The lowest BCUT2D eigenvalue weighted by Gasteiger charge is -2.43. The quantitative estimate of drug-likeness (QED) is 0.0283. The number of anilines is 1. The number of benzene rings is 2. The highest BCUT2D eigenvalue weighted by Gasteiger charge is 2.56. The summed E-state index contributed by atoms with van der Waals surface area (Å²) in [5.74, 6) is -10.9. The van der Waals surface area contributed by atoms with Crippen molar-refractivity contribution >= 4 is 77.0 Å². The first kappa shape index (κ1) is 91.8. The van der Waals surface area contributed by atoms with Gasteiger partial charge < -0.3 is 99.3 Å².